The van der Waals surface area contributed by atoms with Crippen molar-refractivity contribution in [2.45, 2.75) is 6.92 Å². The minimum absolute atomic E-state index is 0.242. The van der Waals surface area contributed by atoms with Crippen LogP contribution < -0.4 is 5.73 Å². The third-order valence-corrected chi connectivity index (χ3v) is 2.77. The van der Waals surface area contributed by atoms with Gasteiger partial charge in [-0.15, -0.1) is 0 Å². The van der Waals surface area contributed by atoms with Gasteiger partial charge < -0.3 is 10.5 Å². The molecular weight excluding hydrogens is 256 g/mol. The molecule has 0 saturated heterocycles. The molecule has 7 heteroatoms. The number of methoxy groups -OCH3 is 1. The van der Waals surface area contributed by atoms with E-state index in [0.717, 1.165) is 0 Å². The van der Waals surface area contributed by atoms with E-state index in [1.807, 2.05) is 0 Å². The van der Waals surface area contributed by atoms with E-state index in [-0.39, 0.29) is 11.3 Å². The fourth-order valence-electron chi connectivity index (χ4n) is 1.42. The van der Waals surface area contributed by atoms with E-state index in [0.29, 0.717) is 16.5 Å². The van der Waals surface area contributed by atoms with Crippen LogP contribution in [0.4, 0.5) is 5.69 Å². The minimum Gasteiger partial charge on any atom is -0.465 e. The minimum atomic E-state index is -0.522. The number of nitrogens with zero attached hydrogens (tertiary/aromatic N) is 3. The van der Waals surface area contributed by atoms with E-state index in [2.05, 4.69) is 14.8 Å². The van der Waals surface area contributed by atoms with Crippen LogP contribution in [0.5, 0.6) is 0 Å². The van der Waals surface area contributed by atoms with Gasteiger partial charge in [-0.1, -0.05) is 11.6 Å². The molecule has 0 aromatic carbocycles. The average molecular weight is 267 g/mol. The molecule has 0 unspecified atom stereocenters. The Morgan fingerprint density at radius 3 is 2.83 bits per heavy atom. The zero-order chi connectivity index (χ0) is 13.3. The summed E-state index contributed by atoms with van der Waals surface area (Å²) in [5.74, 6) is -0.0780. The molecule has 0 amide bonds. The van der Waals surface area contributed by atoms with Crippen molar-refractivity contribution in [3.8, 4) is 5.82 Å². The summed E-state index contributed by atoms with van der Waals surface area (Å²) in [6.45, 7) is 1.78. The van der Waals surface area contributed by atoms with Crippen LogP contribution in [-0.2, 0) is 4.74 Å². The van der Waals surface area contributed by atoms with E-state index in [9.17, 15) is 4.79 Å². The van der Waals surface area contributed by atoms with Crippen molar-refractivity contribution < 1.29 is 9.53 Å². The lowest BCUT2D eigenvalue weighted by Crippen LogP contribution is -2.09. The van der Waals surface area contributed by atoms with E-state index in [4.69, 9.17) is 17.3 Å². The fourth-order valence-corrected chi connectivity index (χ4v) is 1.55. The smallest absolute Gasteiger partial charge is 0.340 e. The van der Waals surface area contributed by atoms with Crippen LogP contribution in [-0.4, -0.2) is 27.8 Å². The Labute approximate surface area is 108 Å². The van der Waals surface area contributed by atoms with Gasteiger partial charge in [0.15, 0.2) is 5.82 Å². The molecule has 6 nitrogen and oxygen atoms in total. The van der Waals surface area contributed by atoms with Gasteiger partial charge in [0.1, 0.15) is 0 Å². The number of aryl methyl sites for hydroxylation is 1. The maximum absolute atomic E-state index is 11.5. The van der Waals surface area contributed by atoms with Crippen molar-refractivity contribution in [1.29, 1.82) is 0 Å². The van der Waals surface area contributed by atoms with Crippen LogP contribution in [0.25, 0.3) is 5.82 Å². The van der Waals surface area contributed by atoms with Gasteiger partial charge in [0.25, 0.3) is 0 Å². The Kier molecular flexibility index (Phi) is 3.20. The van der Waals surface area contributed by atoms with Crippen molar-refractivity contribution >= 4 is 23.3 Å². The summed E-state index contributed by atoms with van der Waals surface area (Å²) in [5, 5.41) is 4.69. The number of halogens is 1. The normalized spacial score (nSPS) is 10.4. The molecule has 0 radical (unpaired) electrons. The second-order valence-electron chi connectivity index (χ2n) is 3.63. The maximum Gasteiger partial charge on any atom is 0.340 e. The number of esters is 1. The van der Waals surface area contributed by atoms with Crippen LogP contribution >= 0.6 is 11.6 Å². The van der Waals surface area contributed by atoms with Gasteiger partial charge in [0, 0.05) is 0 Å². The van der Waals surface area contributed by atoms with Crippen LogP contribution in [0, 0.1) is 6.92 Å². The lowest BCUT2D eigenvalue weighted by atomic mass is 10.2. The summed E-state index contributed by atoms with van der Waals surface area (Å²) in [6, 6.07) is 1.50. The van der Waals surface area contributed by atoms with E-state index >= 15 is 0 Å². The van der Waals surface area contributed by atoms with Crippen molar-refractivity contribution in [2.24, 2.45) is 0 Å². The van der Waals surface area contributed by atoms with E-state index in [1.54, 1.807) is 13.1 Å². The fraction of sp³-hybridized carbons (Fsp3) is 0.182. The van der Waals surface area contributed by atoms with Crippen LogP contribution in [0.15, 0.2) is 18.5 Å². The SMILES string of the molecule is COC(=O)c1cc(-n2cc(Cl)c(C)n2)ncc1N. The molecular formula is C11H11ClN4O2. The summed E-state index contributed by atoms with van der Waals surface area (Å²) < 4.78 is 6.11. The number of nitrogens with two attached hydrogens (primary N) is 1. The first-order chi connectivity index (χ1) is 8.52. The van der Waals surface area contributed by atoms with Gasteiger partial charge in [0.2, 0.25) is 0 Å². The molecule has 0 fully saturated rings. The Bertz CT molecular complexity index is 590. The number of nitrogen functional groups attached to an aromatic ring is 1. The second kappa shape index (κ2) is 4.66. The summed E-state index contributed by atoms with van der Waals surface area (Å²) in [5.41, 5.74) is 6.83. The predicted octanol–water partition coefficient (Wildman–Crippen LogP) is 1.60. The van der Waals surface area contributed by atoms with Crippen LogP contribution in [0.3, 0.4) is 0 Å². The topological polar surface area (TPSA) is 83.0 Å². The number of carbonyl (C=O) groups excluding carboxylic acids is 1. The summed E-state index contributed by atoms with van der Waals surface area (Å²) in [7, 11) is 1.29. The third-order valence-electron chi connectivity index (χ3n) is 2.40. The molecule has 2 aromatic heterocycles. The highest BCUT2D eigenvalue weighted by atomic mass is 35.5. The molecule has 0 spiro atoms. The van der Waals surface area contributed by atoms with Gasteiger partial charge in [-0.2, -0.15) is 5.10 Å². The largest absolute Gasteiger partial charge is 0.465 e. The Hall–Kier alpha value is -2.08. The number of hydrogen-bond acceptors (Lipinski definition) is 5. The molecule has 0 saturated carbocycles. The zero-order valence-corrected chi connectivity index (χ0v) is 10.6. The zero-order valence-electron chi connectivity index (χ0n) is 9.85. The van der Waals surface area contributed by atoms with Gasteiger partial charge >= 0.3 is 5.97 Å². The maximum atomic E-state index is 11.5. The molecule has 0 atom stereocenters. The average Bonchev–Trinajstić information content (AvgIpc) is 2.69. The number of aromatic nitrogens is 3. The van der Waals surface area contributed by atoms with Crippen molar-refractivity contribution in [1.82, 2.24) is 14.8 Å². The highest BCUT2D eigenvalue weighted by molar-refractivity contribution is 6.31. The summed E-state index contributed by atoms with van der Waals surface area (Å²) in [6.07, 6.45) is 2.99. The van der Waals surface area contributed by atoms with Crippen LogP contribution in [0.2, 0.25) is 5.02 Å². The van der Waals surface area contributed by atoms with Gasteiger partial charge in [-0.25, -0.2) is 14.5 Å². The molecule has 2 rings (SSSR count). The van der Waals surface area contributed by atoms with Crippen molar-refractivity contribution in [3.05, 3.63) is 34.7 Å². The van der Waals surface area contributed by atoms with Gasteiger partial charge in [-0.05, 0) is 13.0 Å². The molecule has 0 aliphatic rings. The number of rotatable bonds is 2. The molecule has 2 heterocycles. The predicted molar refractivity (Wildman–Crippen MR) is 66.9 cm³/mol. The molecule has 94 valence electrons. The second-order valence-corrected chi connectivity index (χ2v) is 4.04. The summed E-state index contributed by atoms with van der Waals surface area (Å²) >= 11 is 5.91. The number of hydrogen-bond donors (Lipinski definition) is 1. The first-order valence-corrected chi connectivity index (χ1v) is 5.46. The van der Waals surface area contributed by atoms with Gasteiger partial charge in [-0.3, -0.25) is 0 Å². The van der Waals surface area contributed by atoms with Crippen LogP contribution in [0.1, 0.15) is 16.1 Å². The number of ether oxygens (including phenoxy) is 1. The molecule has 0 bridgehead atoms. The van der Waals surface area contributed by atoms with Crippen molar-refractivity contribution in [3.63, 3.8) is 0 Å². The standard InChI is InChI=1S/C11H11ClN4O2/c1-6-8(12)5-16(15-6)10-3-7(11(17)18-2)9(13)4-14-10/h3-5H,13H2,1-2H3. The Morgan fingerprint density at radius 2 is 2.28 bits per heavy atom. The molecule has 2 aromatic rings. The highest BCUT2D eigenvalue weighted by Gasteiger charge is 2.13. The van der Waals surface area contributed by atoms with Crippen molar-refractivity contribution in [2.75, 3.05) is 12.8 Å². The Morgan fingerprint density at radius 1 is 1.56 bits per heavy atom. The molecule has 0 aliphatic carbocycles. The lowest BCUT2D eigenvalue weighted by Gasteiger charge is -2.06. The molecule has 2 N–H and O–H groups in total. The highest BCUT2D eigenvalue weighted by Crippen LogP contribution is 2.18. The Balaban J connectivity index is 2.50. The molecule has 0 aliphatic heterocycles. The van der Waals surface area contributed by atoms with E-state index in [1.165, 1.54) is 24.1 Å². The third kappa shape index (κ3) is 2.14. The van der Waals surface area contributed by atoms with E-state index < -0.39 is 5.97 Å². The number of anilines is 1. The number of carbonyl (C=O) groups is 1. The quantitative estimate of drug-likeness (QED) is 0.835. The first-order valence-electron chi connectivity index (χ1n) is 5.09. The monoisotopic (exact) mass is 266 g/mol. The number of pyridine rings is 1. The van der Waals surface area contributed by atoms with Gasteiger partial charge in [0.05, 0.1) is 41.5 Å². The lowest BCUT2D eigenvalue weighted by molar-refractivity contribution is 0.0602. The molecule has 18 heavy (non-hydrogen) atoms. The first kappa shape index (κ1) is 12.4. The summed E-state index contributed by atoms with van der Waals surface area (Å²) in [4.78, 5) is 15.6.